The second-order valence-electron chi connectivity index (χ2n) is 5.84. The van der Waals surface area contributed by atoms with E-state index in [1.54, 1.807) is 11.3 Å². The Kier molecular flexibility index (Phi) is 5.50. The van der Waals surface area contributed by atoms with Crippen molar-refractivity contribution in [3.63, 3.8) is 0 Å². The fourth-order valence-electron chi connectivity index (χ4n) is 2.90. The van der Waals surface area contributed by atoms with Crippen molar-refractivity contribution < 1.29 is 9.53 Å². The summed E-state index contributed by atoms with van der Waals surface area (Å²) in [6, 6.07) is 11.8. The predicted molar refractivity (Wildman–Crippen MR) is 95.5 cm³/mol. The molecule has 1 amide bonds. The topological polar surface area (TPSA) is 62.1 Å². The van der Waals surface area contributed by atoms with Crippen LogP contribution in [0.3, 0.4) is 0 Å². The number of ether oxygens (including phenoxy) is 1. The molecule has 1 aromatic carbocycles. The number of carbonyl (C=O) groups is 1. The van der Waals surface area contributed by atoms with Gasteiger partial charge in [-0.05, 0) is 49.8 Å². The molecule has 0 atom stereocenters. The Labute approximate surface area is 146 Å². The zero-order chi connectivity index (χ0) is 16.8. The molecule has 0 fully saturated rings. The van der Waals surface area contributed by atoms with Gasteiger partial charge in [0.15, 0.2) is 0 Å². The third-order valence-electron chi connectivity index (χ3n) is 4.10. The van der Waals surface area contributed by atoms with E-state index in [-0.39, 0.29) is 5.91 Å². The molecule has 0 unspecified atom stereocenters. The second kappa shape index (κ2) is 7.98. The van der Waals surface area contributed by atoms with E-state index in [2.05, 4.69) is 11.4 Å². The summed E-state index contributed by atoms with van der Waals surface area (Å²) in [5.74, 6) is 0.761. The van der Waals surface area contributed by atoms with E-state index in [9.17, 15) is 10.1 Å². The fourth-order valence-corrected chi connectivity index (χ4v) is 4.16. The van der Waals surface area contributed by atoms with E-state index in [1.807, 2.05) is 30.3 Å². The first-order valence-corrected chi connectivity index (χ1v) is 9.12. The summed E-state index contributed by atoms with van der Waals surface area (Å²) in [6.45, 7) is 0.503. The van der Waals surface area contributed by atoms with Crippen LogP contribution in [-0.2, 0) is 17.6 Å². The van der Waals surface area contributed by atoms with Gasteiger partial charge in [0.1, 0.15) is 16.8 Å². The molecule has 0 saturated heterocycles. The van der Waals surface area contributed by atoms with Crippen LogP contribution in [-0.4, -0.2) is 12.5 Å². The number of benzene rings is 1. The van der Waals surface area contributed by atoms with Crippen LogP contribution >= 0.6 is 11.3 Å². The SMILES string of the molecule is N#Cc1c(NC(=O)CCCOc2ccccc2)sc2c1CCCC2. The molecule has 1 aromatic heterocycles. The molecule has 3 rings (SSSR count). The Morgan fingerprint density at radius 1 is 1.25 bits per heavy atom. The Morgan fingerprint density at radius 2 is 2.04 bits per heavy atom. The molecule has 0 aliphatic heterocycles. The number of rotatable bonds is 6. The highest BCUT2D eigenvalue weighted by Gasteiger charge is 2.21. The van der Waals surface area contributed by atoms with Gasteiger partial charge in [-0.1, -0.05) is 18.2 Å². The third kappa shape index (κ3) is 3.95. The van der Waals surface area contributed by atoms with Crippen molar-refractivity contribution in [2.75, 3.05) is 11.9 Å². The summed E-state index contributed by atoms with van der Waals surface area (Å²) in [6.07, 6.45) is 5.31. The summed E-state index contributed by atoms with van der Waals surface area (Å²) in [5, 5.41) is 13.0. The summed E-state index contributed by atoms with van der Waals surface area (Å²) < 4.78 is 5.59. The van der Waals surface area contributed by atoms with Crippen LogP contribution in [0, 0.1) is 11.3 Å². The van der Waals surface area contributed by atoms with Gasteiger partial charge in [-0.2, -0.15) is 5.26 Å². The first-order chi connectivity index (χ1) is 11.8. The summed E-state index contributed by atoms with van der Waals surface area (Å²) >= 11 is 1.57. The molecular weight excluding hydrogens is 320 g/mol. The molecular formula is C19H20N2O2S. The number of carbonyl (C=O) groups excluding carboxylic acids is 1. The Bertz CT molecular complexity index is 747. The lowest BCUT2D eigenvalue weighted by atomic mass is 9.96. The number of fused-ring (bicyclic) bond motifs is 1. The molecule has 24 heavy (non-hydrogen) atoms. The van der Waals surface area contributed by atoms with Crippen LogP contribution in [0.5, 0.6) is 5.75 Å². The lowest BCUT2D eigenvalue weighted by Crippen LogP contribution is -2.12. The van der Waals surface area contributed by atoms with Crippen molar-refractivity contribution >= 4 is 22.2 Å². The molecule has 1 aliphatic carbocycles. The van der Waals surface area contributed by atoms with Crippen molar-refractivity contribution in [3.8, 4) is 11.8 Å². The summed E-state index contributed by atoms with van der Waals surface area (Å²) in [5.41, 5.74) is 1.82. The number of para-hydroxylation sites is 1. The Morgan fingerprint density at radius 3 is 2.83 bits per heavy atom. The van der Waals surface area contributed by atoms with Crippen molar-refractivity contribution in [2.24, 2.45) is 0 Å². The van der Waals surface area contributed by atoms with E-state index in [0.717, 1.165) is 35.6 Å². The minimum Gasteiger partial charge on any atom is -0.494 e. The van der Waals surface area contributed by atoms with Crippen LogP contribution in [0.1, 0.15) is 41.7 Å². The number of nitrogens with one attached hydrogen (secondary N) is 1. The first-order valence-electron chi connectivity index (χ1n) is 8.30. The average Bonchev–Trinajstić information content (AvgIpc) is 2.96. The highest BCUT2D eigenvalue weighted by molar-refractivity contribution is 7.16. The van der Waals surface area contributed by atoms with Gasteiger partial charge in [0.25, 0.3) is 0 Å². The zero-order valence-electron chi connectivity index (χ0n) is 13.5. The lowest BCUT2D eigenvalue weighted by Gasteiger charge is -2.09. The van der Waals surface area contributed by atoms with Gasteiger partial charge in [-0.25, -0.2) is 0 Å². The number of amides is 1. The van der Waals surface area contributed by atoms with Crippen molar-refractivity contribution in [1.29, 1.82) is 5.26 Å². The molecule has 5 heteroatoms. The first kappa shape index (κ1) is 16.5. The smallest absolute Gasteiger partial charge is 0.225 e. The largest absolute Gasteiger partial charge is 0.494 e. The molecule has 0 radical (unpaired) electrons. The standard InChI is InChI=1S/C19H20N2O2S/c20-13-16-15-9-4-5-10-17(15)24-19(16)21-18(22)11-6-12-23-14-7-2-1-3-8-14/h1-3,7-8H,4-6,9-12H2,(H,21,22). The number of nitrogens with zero attached hydrogens (tertiary/aromatic N) is 1. The van der Waals surface area contributed by atoms with Crippen molar-refractivity contribution in [3.05, 3.63) is 46.3 Å². The van der Waals surface area contributed by atoms with Gasteiger partial charge < -0.3 is 10.1 Å². The molecule has 2 aromatic rings. The van der Waals surface area contributed by atoms with Crippen LogP contribution in [0.25, 0.3) is 0 Å². The van der Waals surface area contributed by atoms with Crippen LogP contribution in [0.2, 0.25) is 0 Å². The molecule has 0 spiro atoms. The van der Waals surface area contributed by atoms with E-state index >= 15 is 0 Å². The number of thiophene rings is 1. The van der Waals surface area contributed by atoms with Gasteiger partial charge >= 0.3 is 0 Å². The van der Waals surface area contributed by atoms with E-state index in [1.165, 1.54) is 11.3 Å². The molecule has 124 valence electrons. The highest BCUT2D eigenvalue weighted by Crippen LogP contribution is 2.37. The van der Waals surface area contributed by atoms with Crippen LogP contribution in [0.15, 0.2) is 30.3 Å². The van der Waals surface area contributed by atoms with E-state index in [4.69, 9.17) is 4.74 Å². The summed E-state index contributed by atoms with van der Waals surface area (Å²) in [4.78, 5) is 13.4. The maximum Gasteiger partial charge on any atom is 0.225 e. The molecule has 1 heterocycles. The number of nitriles is 1. The normalized spacial score (nSPS) is 13.0. The highest BCUT2D eigenvalue weighted by atomic mass is 32.1. The lowest BCUT2D eigenvalue weighted by molar-refractivity contribution is -0.116. The van der Waals surface area contributed by atoms with E-state index in [0.29, 0.717) is 25.0 Å². The number of anilines is 1. The van der Waals surface area contributed by atoms with Gasteiger partial charge in [-0.3, -0.25) is 4.79 Å². The number of hydrogen-bond donors (Lipinski definition) is 1. The van der Waals surface area contributed by atoms with Crippen molar-refractivity contribution in [1.82, 2.24) is 0 Å². The van der Waals surface area contributed by atoms with Crippen LogP contribution < -0.4 is 10.1 Å². The van der Waals surface area contributed by atoms with Gasteiger partial charge in [-0.15, -0.1) is 11.3 Å². The molecule has 0 saturated carbocycles. The van der Waals surface area contributed by atoms with Gasteiger partial charge in [0.2, 0.25) is 5.91 Å². The van der Waals surface area contributed by atoms with Crippen LogP contribution in [0.4, 0.5) is 5.00 Å². The molecule has 1 aliphatic rings. The minimum absolute atomic E-state index is 0.0539. The maximum atomic E-state index is 12.1. The molecule has 0 bridgehead atoms. The maximum absolute atomic E-state index is 12.1. The third-order valence-corrected chi connectivity index (χ3v) is 5.30. The quantitative estimate of drug-likeness (QED) is 0.798. The van der Waals surface area contributed by atoms with Gasteiger partial charge in [0, 0.05) is 11.3 Å². The summed E-state index contributed by atoms with van der Waals surface area (Å²) in [7, 11) is 0. The number of aryl methyl sites for hydroxylation is 1. The van der Waals surface area contributed by atoms with E-state index < -0.39 is 0 Å². The molecule has 4 nitrogen and oxygen atoms in total. The predicted octanol–water partition coefficient (Wildman–Crippen LogP) is 4.30. The second-order valence-corrected chi connectivity index (χ2v) is 6.95. The zero-order valence-corrected chi connectivity index (χ0v) is 14.3. The Hall–Kier alpha value is -2.32. The Balaban J connectivity index is 1.50. The average molecular weight is 340 g/mol. The van der Waals surface area contributed by atoms with Gasteiger partial charge in [0.05, 0.1) is 12.2 Å². The fraction of sp³-hybridized carbons (Fsp3) is 0.368. The molecule has 1 N–H and O–H groups in total. The monoisotopic (exact) mass is 340 g/mol. The number of hydrogen-bond acceptors (Lipinski definition) is 4. The minimum atomic E-state index is -0.0539. The van der Waals surface area contributed by atoms with Crippen molar-refractivity contribution in [2.45, 2.75) is 38.5 Å².